The Morgan fingerprint density at radius 2 is 2.17 bits per heavy atom. The van der Waals surface area contributed by atoms with E-state index in [0.717, 1.165) is 30.9 Å². The molecule has 0 aromatic heterocycles. The molecular formula is C13H18ClN3S. The number of rotatable bonds is 2. The Labute approximate surface area is 119 Å². The lowest BCUT2D eigenvalue weighted by molar-refractivity contribution is 0.234. The lowest BCUT2D eigenvalue weighted by atomic mass is 10.1. The molecule has 0 saturated carbocycles. The van der Waals surface area contributed by atoms with Crippen LogP contribution in [0.25, 0.3) is 0 Å². The van der Waals surface area contributed by atoms with E-state index in [4.69, 9.17) is 29.6 Å². The Balaban J connectivity index is 2.19. The summed E-state index contributed by atoms with van der Waals surface area (Å²) in [6, 6.07) is 6.45. The Kier molecular flexibility index (Phi) is 4.10. The summed E-state index contributed by atoms with van der Waals surface area (Å²) in [7, 11) is 2.16. The molecule has 0 spiro atoms. The van der Waals surface area contributed by atoms with Gasteiger partial charge in [0.15, 0.2) is 0 Å². The second kappa shape index (κ2) is 5.43. The van der Waals surface area contributed by atoms with E-state index in [-0.39, 0.29) is 0 Å². The fraction of sp³-hybridized carbons (Fsp3) is 0.462. The summed E-state index contributed by atoms with van der Waals surface area (Å²) in [5.74, 6) is 0. The molecule has 1 aromatic rings. The summed E-state index contributed by atoms with van der Waals surface area (Å²) in [5, 5.41) is 0.631. The van der Waals surface area contributed by atoms with Gasteiger partial charge in [-0.15, -0.1) is 0 Å². The molecule has 18 heavy (non-hydrogen) atoms. The van der Waals surface area contributed by atoms with Crippen molar-refractivity contribution in [3.8, 4) is 0 Å². The fourth-order valence-corrected chi connectivity index (χ4v) is 2.69. The van der Waals surface area contributed by atoms with Crippen LogP contribution >= 0.6 is 23.8 Å². The van der Waals surface area contributed by atoms with Crippen LogP contribution in [0.15, 0.2) is 18.2 Å². The van der Waals surface area contributed by atoms with E-state index in [9.17, 15) is 0 Å². The molecule has 1 atom stereocenters. The number of piperazine rings is 1. The molecule has 1 aliphatic heterocycles. The van der Waals surface area contributed by atoms with Crippen molar-refractivity contribution in [1.82, 2.24) is 4.90 Å². The van der Waals surface area contributed by atoms with Crippen molar-refractivity contribution in [2.75, 3.05) is 31.6 Å². The summed E-state index contributed by atoms with van der Waals surface area (Å²) < 4.78 is 0. The van der Waals surface area contributed by atoms with Gasteiger partial charge in [0.25, 0.3) is 0 Å². The van der Waals surface area contributed by atoms with Crippen LogP contribution < -0.4 is 10.6 Å². The van der Waals surface area contributed by atoms with Crippen molar-refractivity contribution in [3.05, 3.63) is 28.8 Å². The predicted molar refractivity (Wildman–Crippen MR) is 81.6 cm³/mol. The normalized spacial score (nSPS) is 21.1. The Morgan fingerprint density at radius 3 is 2.72 bits per heavy atom. The van der Waals surface area contributed by atoms with Crippen molar-refractivity contribution in [3.63, 3.8) is 0 Å². The van der Waals surface area contributed by atoms with Crippen LogP contribution in [0.2, 0.25) is 5.02 Å². The molecule has 1 aliphatic rings. The Bertz CT molecular complexity index is 464. The third-order valence-electron chi connectivity index (χ3n) is 3.54. The molecule has 1 unspecified atom stereocenters. The zero-order valence-electron chi connectivity index (χ0n) is 10.7. The van der Waals surface area contributed by atoms with E-state index in [0.29, 0.717) is 16.1 Å². The lowest BCUT2D eigenvalue weighted by Crippen LogP contribution is -2.50. The van der Waals surface area contributed by atoms with Gasteiger partial charge in [-0.25, -0.2) is 0 Å². The third-order valence-corrected chi connectivity index (χ3v) is 4.08. The SMILES string of the molecule is CC1CN(c2ccc(C(N)=S)c(Cl)c2)CCN1C. The minimum Gasteiger partial charge on any atom is -0.389 e. The minimum atomic E-state index is 0.346. The van der Waals surface area contributed by atoms with E-state index >= 15 is 0 Å². The second-order valence-corrected chi connectivity index (χ2v) is 5.65. The van der Waals surface area contributed by atoms with Crippen LogP contribution in [0.4, 0.5) is 5.69 Å². The molecular weight excluding hydrogens is 266 g/mol. The van der Waals surface area contributed by atoms with Crippen molar-refractivity contribution in [2.24, 2.45) is 5.73 Å². The number of benzene rings is 1. The zero-order valence-corrected chi connectivity index (χ0v) is 12.3. The molecule has 0 aliphatic carbocycles. The molecule has 0 radical (unpaired) electrons. The molecule has 0 amide bonds. The number of thiocarbonyl (C=S) groups is 1. The molecule has 1 aromatic carbocycles. The first-order chi connectivity index (χ1) is 8.49. The van der Waals surface area contributed by atoms with E-state index in [2.05, 4.69) is 23.8 Å². The highest BCUT2D eigenvalue weighted by molar-refractivity contribution is 7.80. The first kappa shape index (κ1) is 13.6. The fourth-order valence-electron chi connectivity index (χ4n) is 2.18. The second-order valence-electron chi connectivity index (χ2n) is 4.80. The summed E-state index contributed by atoms with van der Waals surface area (Å²) >= 11 is 11.2. The highest BCUT2D eigenvalue weighted by atomic mass is 35.5. The zero-order chi connectivity index (χ0) is 13.3. The summed E-state index contributed by atoms with van der Waals surface area (Å²) in [6.07, 6.45) is 0. The van der Waals surface area contributed by atoms with Gasteiger partial charge in [0, 0.05) is 36.9 Å². The van der Waals surface area contributed by atoms with Gasteiger partial charge in [-0.1, -0.05) is 23.8 Å². The van der Waals surface area contributed by atoms with Crippen LogP contribution in [0.5, 0.6) is 0 Å². The number of hydrogen-bond acceptors (Lipinski definition) is 3. The quantitative estimate of drug-likeness (QED) is 0.843. The van der Waals surface area contributed by atoms with Crippen LogP contribution in [-0.2, 0) is 0 Å². The molecule has 1 saturated heterocycles. The summed E-state index contributed by atoms with van der Waals surface area (Å²) in [6.45, 7) is 5.33. The summed E-state index contributed by atoms with van der Waals surface area (Å²) in [5.41, 5.74) is 7.50. The predicted octanol–water partition coefficient (Wildman–Crippen LogP) is 2.11. The molecule has 2 rings (SSSR count). The van der Waals surface area contributed by atoms with E-state index in [1.54, 1.807) is 0 Å². The Morgan fingerprint density at radius 1 is 1.44 bits per heavy atom. The maximum Gasteiger partial charge on any atom is 0.105 e. The number of hydrogen-bond donors (Lipinski definition) is 1. The van der Waals surface area contributed by atoms with Gasteiger partial charge in [-0.3, -0.25) is 0 Å². The molecule has 0 bridgehead atoms. The van der Waals surface area contributed by atoms with Crippen LogP contribution in [0.1, 0.15) is 12.5 Å². The van der Waals surface area contributed by atoms with E-state index in [1.807, 2.05) is 18.2 Å². The molecule has 1 heterocycles. The van der Waals surface area contributed by atoms with Crippen molar-refractivity contribution in [1.29, 1.82) is 0 Å². The lowest BCUT2D eigenvalue weighted by Gasteiger charge is -2.39. The molecule has 5 heteroatoms. The number of halogens is 1. The largest absolute Gasteiger partial charge is 0.389 e. The molecule has 3 nitrogen and oxygen atoms in total. The highest BCUT2D eigenvalue weighted by Gasteiger charge is 2.21. The highest BCUT2D eigenvalue weighted by Crippen LogP contribution is 2.25. The van der Waals surface area contributed by atoms with Crippen molar-refractivity contribution < 1.29 is 0 Å². The van der Waals surface area contributed by atoms with Crippen molar-refractivity contribution in [2.45, 2.75) is 13.0 Å². The van der Waals surface area contributed by atoms with Crippen LogP contribution in [-0.4, -0.2) is 42.6 Å². The first-order valence-corrected chi connectivity index (χ1v) is 6.82. The average Bonchev–Trinajstić information content (AvgIpc) is 2.32. The smallest absolute Gasteiger partial charge is 0.105 e. The van der Waals surface area contributed by atoms with Gasteiger partial charge in [0.05, 0.1) is 5.02 Å². The van der Waals surface area contributed by atoms with Gasteiger partial charge in [-0.2, -0.15) is 0 Å². The monoisotopic (exact) mass is 283 g/mol. The standard InChI is InChI=1S/C13H18ClN3S/c1-9-8-17(6-5-16(9)2)10-3-4-11(13(15)18)12(14)7-10/h3-4,7,9H,5-6,8H2,1-2H3,(H2,15,18). The molecule has 98 valence electrons. The van der Waals surface area contributed by atoms with Gasteiger partial charge in [-0.05, 0) is 32.2 Å². The molecule has 2 N–H and O–H groups in total. The third kappa shape index (κ3) is 2.76. The van der Waals surface area contributed by atoms with Gasteiger partial charge < -0.3 is 15.5 Å². The van der Waals surface area contributed by atoms with E-state index < -0.39 is 0 Å². The maximum atomic E-state index is 6.20. The Hall–Kier alpha value is -0.840. The number of nitrogens with zero attached hydrogens (tertiary/aromatic N) is 2. The average molecular weight is 284 g/mol. The van der Waals surface area contributed by atoms with Crippen molar-refractivity contribution >= 4 is 34.5 Å². The van der Waals surface area contributed by atoms with Crippen LogP contribution in [0, 0.1) is 0 Å². The van der Waals surface area contributed by atoms with Crippen LogP contribution in [0.3, 0.4) is 0 Å². The summed E-state index contributed by atoms with van der Waals surface area (Å²) in [4.78, 5) is 5.06. The van der Waals surface area contributed by atoms with Gasteiger partial charge >= 0.3 is 0 Å². The minimum absolute atomic E-state index is 0.346. The van der Waals surface area contributed by atoms with Gasteiger partial charge in [0.1, 0.15) is 4.99 Å². The number of nitrogens with two attached hydrogens (primary N) is 1. The number of likely N-dealkylation sites (N-methyl/N-ethyl adjacent to an activating group) is 1. The molecule has 1 fully saturated rings. The van der Waals surface area contributed by atoms with E-state index in [1.165, 1.54) is 0 Å². The first-order valence-electron chi connectivity index (χ1n) is 6.03. The topological polar surface area (TPSA) is 32.5 Å². The maximum absolute atomic E-state index is 6.20. The van der Waals surface area contributed by atoms with Gasteiger partial charge in [0.2, 0.25) is 0 Å². The number of anilines is 1.